The third-order valence-corrected chi connectivity index (χ3v) is 5.10. The van der Waals surface area contributed by atoms with Crippen LogP contribution in [0, 0.1) is 0 Å². The van der Waals surface area contributed by atoms with Gasteiger partial charge in [-0.25, -0.2) is 9.97 Å². The maximum atomic E-state index is 12.7. The Hall–Kier alpha value is -2.47. The molecule has 0 radical (unpaired) electrons. The fourth-order valence-corrected chi connectivity index (χ4v) is 3.45. The Morgan fingerprint density at radius 2 is 1.81 bits per heavy atom. The largest absolute Gasteiger partial charge is 0.362 e. The van der Waals surface area contributed by atoms with Crippen molar-refractivity contribution in [2.24, 2.45) is 0 Å². The van der Waals surface area contributed by atoms with Crippen molar-refractivity contribution in [3.05, 3.63) is 41.6 Å². The molecule has 0 atom stereocenters. The summed E-state index contributed by atoms with van der Waals surface area (Å²) in [6, 6.07) is 10.0. The minimum absolute atomic E-state index is 0.177. The third kappa shape index (κ3) is 4.27. The molecule has 0 spiro atoms. The zero-order valence-corrected chi connectivity index (χ0v) is 16.8. The van der Waals surface area contributed by atoms with Gasteiger partial charge in [0.1, 0.15) is 5.82 Å². The van der Waals surface area contributed by atoms with Gasteiger partial charge in [-0.1, -0.05) is 44.2 Å². The van der Waals surface area contributed by atoms with Gasteiger partial charge in [0.25, 0.3) is 0 Å². The number of carbonyl (C=O) groups excluding carboxylic acids is 1. The number of hydrogen-bond acceptors (Lipinski definition) is 5. The topological polar surface area (TPSA) is 52.6 Å². The summed E-state index contributed by atoms with van der Waals surface area (Å²) in [5.41, 5.74) is 3.12. The molecule has 6 heteroatoms. The second kappa shape index (κ2) is 8.48. The monoisotopic (exact) mass is 367 g/mol. The van der Waals surface area contributed by atoms with Crippen LogP contribution in [0.2, 0.25) is 0 Å². The Bertz CT molecular complexity index is 787. The highest BCUT2D eigenvalue weighted by Crippen LogP contribution is 2.28. The molecule has 0 fully saturated rings. The first kappa shape index (κ1) is 19.3. The van der Waals surface area contributed by atoms with Gasteiger partial charge in [0, 0.05) is 31.8 Å². The second-order valence-corrected chi connectivity index (χ2v) is 7.08. The van der Waals surface area contributed by atoms with Crippen LogP contribution in [0.25, 0.3) is 11.4 Å². The lowest BCUT2D eigenvalue weighted by Gasteiger charge is -2.32. The van der Waals surface area contributed by atoms with Crippen molar-refractivity contribution < 1.29 is 4.79 Å². The summed E-state index contributed by atoms with van der Waals surface area (Å²) in [7, 11) is 4.02. The van der Waals surface area contributed by atoms with E-state index in [1.807, 2.05) is 54.2 Å². The lowest BCUT2D eigenvalue weighted by atomic mass is 10.0. The minimum atomic E-state index is 0.177. The zero-order valence-electron chi connectivity index (χ0n) is 16.8. The standard InChI is InChI=1S/C21H29N5O/c1-5-25(6-2)15-19(27)26-13-12-17-18(14-26)22-20(23-21(17)24(3)4)16-10-8-7-9-11-16/h7-11H,5-6,12-15H2,1-4H3. The number of likely N-dealkylation sites (N-methyl/N-ethyl adjacent to an activating group) is 1. The molecule has 0 unspecified atom stereocenters. The van der Waals surface area contributed by atoms with Crippen molar-refractivity contribution in [2.45, 2.75) is 26.8 Å². The Kier molecular flexibility index (Phi) is 6.06. The molecule has 0 bridgehead atoms. The molecule has 6 nitrogen and oxygen atoms in total. The molecule has 0 aliphatic carbocycles. The summed E-state index contributed by atoms with van der Waals surface area (Å²) < 4.78 is 0. The number of benzene rings is 1. The molecular weight excluding hydrogens is 338 g/mol. The van der Waals surface area contributed by atoms with E-state index in [4.69, 9.17) is 9.97 Å². The smallest absolute Gasteiger partial charge is 0.237 e. The van der Waals surface area contributed by atoms with Gasteiger partial charge in [-0.2, -0.15) is 0 Å². The van der Waals surface area contributed by atoms with Crippen molar-refractivity contribution in [1.82, 2.24) is 19.8 Å². The molecule has 2 aromatic rings. The van der Waals surface area contributed by atoms with Crippen LogP contribution in [0.5, 0.6) is 0 Å². The van der Waals surface area contributed by atoms with Gasteiger partial charge < -0.3 is 9.80 Å². The van der Waals surface area contributed by atoms with Gasteiger partial charge >= 0.3 is 0 Å². The Morgan fingerprint density at radius 3 is 2.44 bits per heavy atom. The van der Waals surface area contributed by atoms with E-state index in [0.717, 1.165) is 54.5 Å². The van der Waals surface area contributed by atoms with Crippen LogP contribution in [-0.4, -0.2) is 65.9 Å². The van der Waals surface area contributed by atoms with Gasteiger partial charge in [-0.05, 0) is 19.5 Å². The highest BCUT2D eigenvalue weighted by Gasteiger charge is 2.26. The highest BCUT2D eigenvalue weighted by atomic mass is 16.2. The summed E-state index contributed by atoms with van der Waals surface area (Å²) in [5, 5.41) is 0. The normalized spacial score (nSPS) is 13.6. The van der Waals surface area contributed by atoms with Gasteiger partial charge in [-0.15, -0.1) is 0 Å². The van der Waals surface area contributed by atoms with E-state index in [1.54, 1.807) is 0 Å². The van der Waals surface area contributed by atoms with E-state index in [1.165, 1.54) is 0 Å². The average molecular weight is 367 g/mol. The highest BCUT2D eigenvalue weighted by molar-refractivity contribution is 5.78. The van der Waals surface area contributed by atoms with Crippen molar-refractivity contribution in [1.29, 1.82) is 0 Å². The SMILES string of the molecule is CCN(CC)CC(=O)N1CCc2c(nc(-c3ccccc3)nc2N(C)C)C1. The summed E-state index contributed by atoms with van der Waals surface area (Å²) in [6.45, 7) is 7.70. The molecule has 27 heavy (non-hydrogen) atoms. The van der Waals surface area contributed by atoms with Crippen molar-refractivity contribution in [3.8, 4) is 11.4 Å². The first-order valence-electron chi connectivity index (χ1n) is 9.66. The van der Waals surface area contributed by atoms with Gasteiger partial charge in [0.05, 0.1) is 18.8 Å². The number of hydrogen-bond donors (Lipinski definition) is 0. The number of fused-ring (bicyclic) bond motifs is 1. The molecule has 144 valence electrons. The van der Waals surface area contributed by atoms with Crippen LogP contribution in [-0.2, 0) is 17.8 Å². The number of nitrogens with zero attached hydrogens (tertiary/aromatic N) is 5. The number of amides is 1. The van der Waals surface area contributed by atoms with Crippen LogP contribution >= 0.6 is 0 Å². The fourth-order valence-electron chi connectivity index (χ4n) is 3.45. The predicted molar refractivity (Wildman–Crippen MR) is 109 cm³/mol. The maximum Gasteiger partial charge on any atom is 0.237 e. The number of rotatable bonds is 6. The molecule has 1 aliphatic heterocycles. The molecule has 3 rings (SSSR count). The van der Waals surface area contributed by atoms with E-state index in [0.29, 0.717) is 13.1 Å². The quantitative estimate of drug-likeness (QED) is 0.785. The minimum Gasteiger partial charge on any atom is -0.362 e. The van der Waals surface area contributed by atoms with E-state index >= 15 is 0 Å². The molecule has 1 aliphatic rings. The maximum absolute atomic E-state index is 12.7. The van der Waals surface area contributed by atoms with Crippen LogP contribution in [0.15, 0.2) is 30.3 Å². The van der Waals surface area contributed by atoms with Gasteiger partial charge in [0.2, 0.25) is 5.91 Å². The van der Waals surface area contributed by atoms with Crippen LogP contribution in [0.3, 0.4) is 0 Å². The Labute approximate surface area is 161 Å². The molecular formula is C21H29N5O. The second-order valence-electron chi connectivity index (χ2n) is 7.08. The summed E-state index contributed by atoms with van der Waals surface area (Å²) >= 11 is 0. The lowest BCUT2D eigenvalue weighted by molar-refractivity contribution is -0.133. The summed E-state index contributed by atoms with van der Waals surface area (Å²) in [4.78, 5) is 28.5. The Morgan fingerprint density at radius 1 is 1.11 bits per heavy atom. The third-order valence-electron chi connectivity index (χ3n) is 5.10. The lowest BCUT2D eigenvalue weighted by Crippen LogP contribution is -2.43. The van der Waals surface area contributed by atoms with Gasteiger partial charge in [-0.3, -0.25) is 9.69 Å². The number of aromatic nitrogens is 2. The molecule has 0 N–H and O–H groups in total. The molecule has 0 saturated carbocycles. The first-order chi connectivity index (χ1) is 13.0. The first-order valence-corrected chi connectivity index (χ1v) is 9.66. The van der Waals surface area contributed by atoms with E-state index in [9.17, 15) is 4.79 Å². The van der Waals surface area contributed by atoms with E-state index in [2.05, 4.69) is 18.7 Å². The van der Waals surface area contributed by atoms with Crippen molar-refractivity contribution in [2.75, 3.05) is 45.2 Å². The van der Waals surface area contributed by atoms with Gasteiger partial charge in [0.15, 0.2) is 5.82 Å². The van der Waals surface area contributed by atoms with Crippen molar-refractivity contribution in [3.63, 3.8) is 0 Å². The fraction of sp³-hybridized carbons (Fsp3) is 0.476. The summed E-state index contributed by atoms with van der Waals surface area (Å²) in [6.07, 6.45) is 0.794. The molecule has 1 amide bonds. The number of carbonyl (C=O) groups is 1. The molecule has 2 heterocycles. The molecule has 1 aromatic heterocycles. The average Bonchev–Trinajstić information content (AvgIpc) is 2.71. The van der Waals surface area contributed by atoms with E-state index < -0.39 is 0 Å². The zero-order chi connectivity index (χ0) is 19.4. The molecule has 0 saturated heterocycles. The van der Waals surface area contributed by atoms with Crippen LogP contribution in [0.4, 0.5) is 5.82 Å². The van der Waals surface area contributed by atoms with Crippen LogP contribution in [0.1, 0.15) is 25.1 Å². The van der Waals surface area contributed by atoms with Crippen molar-refractivity contribution >= 4 is 11.7 Å². The Balaban J connectivity index is 1.90. The van der Waals surface area contributed by atoms with E-state index in [-0.39, 0.29) is 5.91 Å². The number of anilines is 1. The predicted octanol–water partition coefficient (Wildman–Crippen LogP) is 2.44. The molecule has 1 aromatic carbocycles. The van der Waals surface area contributed by atoms with Crippen LogP contribution < -0.4 is 4.90 Å². The summed E-state index contributed by atoms with van der Waals surface area (Å²) in [5.74, 6) is 1.85.